The molecule has 1 N–H and O–H groups in total. The monoisotopic (exact) mass is 308 g/mol. The van der Waals surface area contributed by atoms with Gasteiger partial charge in [0.25, 0.3) is 0 Å². The Bertz CT molecular complexity index is 635. The summed E-state index contributed by atoms with van der Waals surface area (Å²) in [4.78, 5) is 26.3. The summed E-state index contributed by atoms with van der Waals surface area (Å²) in [7, 11) is 0. The number of carboxylic acid groups (broad SMARTS) is 1. The van der Waals surface area contributed by atoms with Crippen LogP contribution in [0.5, 0.6) is 0 Å². The van der Waals surface area contributed by atoms with Gasteiger partial charge in [-0.25, -0.2) is 4.79 Å². The van der Waals surface area contributed by atoms with Gasteiger partial charge in [0.05, 0.1) is 12.2 Å². The molecule has 0 saturated carbocycles. The highest BCUT2D eigenvalue weighted by atomic mass is 79.9. The third-order valence-corrected chi connectivity index (χ3v) is 2.81. The van der Waals surface area contributed by atoms with Crippen LogP contribution in [0.2, 0.25) is 0 Å². The molecular weight excluding hydrogens is 300 g/mol. The highest BCUT2D eigenvalue weighted by Gasteiger charge is 2.08. The predicted octanol–water partition coefficient (Wildman–Crippen LogP) is 1.75. The summed E-state index contributed by atoms with van der Waals surface area (Å²) in [5, 5.41) is 8.86. The lowest BCUT2D eigenvalue weighted by Gasteiger charge is -2.06. The highest BCUT2D eigenvalue weighted by molar-refractivity contribution is 9.10. The Labute approximate surface area is 111 Å². The minimum Gasteiger partial charge on any atom is -0.477 e. The average Bonchev–Trinajstić information content (AvgIpc) is 2.34. The Morgan fingerprint density at radius 1 is 1.39 bits per heavy atom. The third-order valence-electron chi connectivity index (χ3n) is 2.34. The number of aromatic nitrogens is 2. The van der Waals surface area contributed by atoms with Crippen molar-refractivity contribution in [2.24, 2.45) is 0 Å². The summed E-state index contributed by atoms with van der Waals surface area (Å²) in [5.41, 5.74) is 0.0373. The van der Waals surface area contributed by atoms with Crippen molar-refractivity contribution in [2.75, 3.05) is 0 Å². The van der Waals surface area contributed by atoms with Gasteiger partial charge >= 0.3 is 5.97 Å². The quantitative estimate of drug-likeness (QED) is 0.937. The average molecular weight is 309 g/mol. The lowest BCUT2D eigenvalue weighted by molar-refractivity contribution is 0.0694. The lowest BCUT2D eigenvalue weighted by Crippen LogP contribution is -2.17. The van der Waals surface area contributed by atoms with E-state index in [0.717, 1.165) is 10.2 Å². The van der Waals surface area contributed by atoms with Gasteiger partial charge in [-0.1, -0.05) is 0 Å². The standard InChI is InChI=1S/C12H9BrN2O3/c13-8-1-2-9(14-5-8)6-15-4-3-11(16)10(7-15)12(17)18/h1-5,7H,6H2,(H,17,18). The van der Waals surface area contributed by atoms with Crippen molar-refractivity contribution in [3.05, 3.63) is 62.7 Å². The Morgan fingerprint density at radius 2 is 2.17 bits per heavy atom. The number of rotatable bonds is 3. The molecule has 0 aliphatic carbocycles. The van der Waals surface area contributed by atoms with E-state index in [1.54, 1.807) is 17.0 Å². The second-order valence-corrected chi connectivity index (χ2v) is 4.58. The number of halogens is 1. The van der Waals surface area contributed by atoms with Crippen molar-refractivity contribution in [1.29, 1.82) is 0 Å². The second kappa shape index (κ2) is 5.14. The van der Waals surface area contributed by atoms with Crippen molar-refractivity contribution >= 4 is 21.9 Å². The van der Waals surface area contributed by atoms with Crippen LogP contribution in [0.4, 0.5) is 0 Å². The van der Waals surface area contributed by atoms with Crippen molar-refractivity contribution < 1.29 is 9.90 Å². The van der Waals surface area contributed by atoms with E-state index in [9.17, 15) is 9.59 Å². The minimum atomic E-state index is -1.22. The van der Waals surface area contributed by atoms with E-state index < -0.39 is 11.4 Å². The molecule has 2 aromatic rings. The van der Waals surface area contributed by atoms with Gasteiger partial charge in [-0.05, 0) is 28.1 Å². The summed E-state index contributed by atoms with van der Waals surface area (Å²) < 4.78 is 2.48. The van der Waals surface area contributed by atoms with Crippen LogP contribution >= 0.6 is 15.9 Å². The molecule has 0 aliphatic heterocycles. The van der Waals surface area contributed by atoms with Crippen molar-refractivity contribution in [1.82, 2.24) is 9.55 Å². The van der Waals surface area contributed by atoms with E-state index in [-0.39, 0.29) is 5.56 Å². The first-order valence-corrected chi connectivity index (χ1v) is 5.89. The Morgan fingerprint density at radius 3 is 2.78 bits per heavy atom. The fraction of sp³-hybridized carbons (Fsp3) is 0.0833. The van der Waals surface area contributed by atoms with Crippen molar-refractivity contribution in [3.63, 3.8) is 0 Å². The van der Waals surface area contributed by atoms with Crippen LogP contribution in [0.1, 0.15) is 16.1 Å². The molecule has 92 valence electrons. The number of carboxylic acids is 1. The van der Waals surface area contributed by atoms with Crippen molar-refractivity contribution in [3.8, 4) is 0 Å². The number of carbonyl (C=O) groups is 1. The first-order valence-electron chi connectivity index (χ1n) is 5.10. The van der Waals surface area contributed by atoms with Gasteiger partial charge in [-0.2, -0.15) is 0 Å². The maximum atomic E-state index is 11.3. The molecule has 18 heavy (non-hydrogen) atoms. The topological polar surface area (TPSA) is 72.2 Å². The number of nitrogens with zero attached hydrogens (tertiary/aromatic N) is 2. The molecule has 0 amide bonds. The van der Waals surface area contributed by atoms with E-state index in [2.05, 4.69) is 20.9 Å². The van der Waals surface area contributed by atoms with Crippen LogP contribution in [0.3, 0.4) is 0 Å². The summed E-state index contributed by atoms with van der Waals surface area (Å²) in [6.45, 7) is 0.411. The van der Waals surface area contributed by atoms with Crippen LogP contribution in [-0.4, -0.2) is 20.6 Å². The van der Waals surface area contributed by atoms with Crippen LogP contribution in [-0.2, 0) is 6.54 Å². The summed E-state index contributed by atoms with van der Waals surface area (Å²) >= 11 is 3.28. The molecule has 2 rings (SSSR count). The summed E-state index contributed by atoms with van der Waals surface area (Å²) in [5.74, 6) is -1.22. The molecule has 0 bridgehead atoms. The second-order valence-electron chi connectivity index (χ2n) is 3.67. The fourth-order valence-electron chi connectivity index (χ4n) is 1.47. The van der Waals surface area contributed by atoms with Crippen LogP contribution in [0.15, 0.2) is 46.1 Å². The highest BCUT2D eigenvalue weighted by Crippen LogP contribution is 2.08. The Kier molecular flexibility index (Phi) is 3.57. The summed E-state index contributed by atoms with van der Waals surface area (Å²) in [6.07, 6.45) is 4.52. The zero-order valence-corrected chi connectivity index (χ0v) is 10.8. The van der Waals surface area contributed by atoms with E-state index in [0.29, 0.717) is 6.54 Å². The van der Waals surface area contributed by atoms with Gasteiger partial charge in [0, 0.05) is 29.1 Å². The van der Waals surface area contributed by atoms with Gasteiger partial charge in [0.15, 0.2) is 5.43 Å². The molecule has 0 saturated heterocycles. The molecule has 0 fully saturated rings. The van der Waals surface area contributed by atoms with Gasteiger partial charge < -0.3 is 9.67 Å². The lowest BCUT2D eigenvalue weighted by atomic mass is 10.2. The molecule has 2 aromatic heterocycles. The zero-order valence-electron chi connectivity index (χ0n) is 9.21. The molecule has 0 unspecified atom stereocenters. The Balaban J connectivity index is 2.30. The first kappa shape index (κ1) is 12.5. The van der Waals surface area contributed by atoms with Crippen LogP contribution in [0.25, 0.3) is 0 Å². The van der Waals surface area contributed by atoms with E-state index in [4.69, 9.17) is 5.11 Å². The van der Waals surface area contributed by atoms with Crippen molar-refractivity contribution in [2.45, 2.75) is 6.54 Å². The van der Waals surface area contributed by atoms with E-state index >= 15 is 0 Å². The minimum absolute atomic E-state index is 0.241. The molecule has 5 nitrogen and oxygen atoms in total. The Hall–Kier alpha value is -1.95. The van der Waals surface area contributed by atoms with E-state index in [1.807, 2.05) is 12.1 Å². The molecule has 6 heteroatoms. The third kappa shape index (κ3) is 2.84. The molecule has 2 heterocycles. The first-order chi connectivity index (χ1) is 8.56. The molecule has 0 radical (unpaired) electrons. The largest absolute Gasteiger partial charge is 0.477 e. The predicted molar refractivity (Wildman–Crippen MR) is 68.7 cm³/mol. The van der Waals surface area contributed by atoms with Gasteiger partial charge in [0.2, 0.25) is 0 Å². The maximum Gasteiger partial charge on any atom is 0.341 e. The number of aromatic carboxylic acids is 1. The van der Waals surface area contributed by atoms with Gasteiger partial charge in [-0.3, -0.25) is 9.78 Å². The fourth-order valence-corrected chi connectivity index (χ4v) is 1.71. The number of hydrogen-bond acceptors (Lipinski definition) is 3. The van der Waals surface area contributed by atoms with Gasteiger partial charge in [-0.15, -0.1) is 0 Å². The molecule has 0 spiro atoms. The number of pyridine rings is 2. The smallest absolute Gasteiger partial charge is 0.341 e. The molecule has 0 aromatic carbocycles. The maximum absolute atomic E-state index is 11.3. The van der Waals surface area contributed by atoms with Gasteiger partial charge in [0.1, 0.15) is 5.56 Å². The SMILES string of the molecule is O=C(O)c1cn(Cc2ccc(Br)cn2)ccc1=O. The molecular formula is C12H9BrN2O3. The molecule has 0 atom stereocenters. The normalized spacial score (nSPS) is 10.3. The number of hydrogen-bond donors (Lipinski definition) is 1. The summed E-state index contributed by atoms with van der Waals surface area (Å²) in [6, 6.07) is 4.91. The van der Waals surface area contributed by atoms with Crippen LogP contribution < -0.4 is 5.43 Å². The molecule has 0 aliphatic rings. The van der Waals surface area contributed by atoms with E-state index in [1.165, 1.54) is 12.3 Å². The zero-order chi connectivity index (χ0) is 13.1. The van der Waals surface area contributed by atoms with Crippen LogP contribution in [0, 0.1) is 0 Å².